The van der Waals surface area contributed by atoms with E-state index in [0.29, 0.717) is 16.4 Å². The molecule has 2 amide bonds. The van der Waals surface area contributed by atoms with Crippen LogP contribution in [0, 0.1) is 5.82 Å². The predicted molar refractivity (Wildman–Crippen MR) is 97.0 cm³/mol. The zero-order valence-corrected chi connectivity index (χ0v) is 14.5. The summed E-state index contributed by atoms with van der Waals surface area (Å²) in [4.78, 5) is 23.9. The Hall–Kier alpha value is -2.05. The molecule has 0 saturated carbocycles. The summed E-state index contributed by atoms with van der Waals surface area (Å²) in [5.74, 6) is -0.698. The number of hydrogen-bond donors (Lipinski definition) is 2. The fourth-order valence-electron chi connectivity index (χ4n) is 1.78. The lowest BCUT2D eigenvalue weighted by Crippen LogP contribution is -2.25. The number of anilines is 2. The van der Waals surface area contributed by atoms with Crippen LogP contribution in [-0.2, 0) is 9.59 Å². The third kappa shape index (κ3) is 5.86. The second-order valence-corrected chi connectivity index (χ2v) is 6.77. The molecule has 126 valence electrons. The van der Waals surface area contributed by atoms with Crippen LogP contribution in [0.4, 0.5) is 15.8 Å². The Morgan fingerprint density at radius 3 is 2.21 bits per heavy atom. The van der Waals surface area contributed by atoms with Crippen LogP contribution < -0.4 is 10.6 Å². The molecule has 2 aromatic carbocycles. The summed E-state index contributed by atoms with van der Waals surface area (Å²) in [6.07, 6.45) is 0. The quantitative estimate of drug-likeness (QED) is 0.806. The summed E-state index contributed by atoms with van der Waals surface area (Å²) in [5.41, 5.74) is 1.16. The van der Waals surface area contributed by atoms with Gasteiger partial charge in [0, 0.05) is 16.4 Å². The van der Waals surface area contributed by atoms with Gasteiger partial charge >= 0.3 is 0 Å². The van der Waals surface area contributed by atoms with Crippen molar-refractivity contribution in [2.24, 2.45) is 0 Å². The second-order valence-electron chi connectivity index (χ2n) is 5.00. The first-order chi connectivity index (χ1) is 11.4. The van der Waals surface area contributed by atoms with E-state index in [9.17, 15) is 14.0 Å². The van der Waals surface area contributed by atoms with Crippen molar-refractivity contribution in [1.29, 1.82) is 0 Å². The van der Waals surface area contributed by atoms with Crippen LogP contribution in [0.1, 0.15) is 6.92 Å². The van der Waals surface area contributed by atoms with Crippen molar-refractivity contribution in [3.63, 3.8) is 0 Å². The minimum Gasteiger partial charge on any atom is -0.325 e. The zero-order chi connectivity index (χ0) is 17.5. The largest absolute Gasteiger partial charge is 0.325 e. The molecular formula is C17H16ClFN2O2S. The molecule has 0 bridgehead atoms. The van der Waals surface area contributed by atoms with E-state index in [2.05, 4.69) is 10.6 Å². The third-order valence-corrected chi connectivity index (χ3v) is 4.47. The molecule has 0 heterocycles. The van der Waals surface area contributed by atoms with Crippen LogP contribution in [0.2, 0.25) is 5.02 Å². The number of carbonyl (C=O) groups excluding carboxylic acids is 2. The van der Waals surface area contributed by atoms with E-state index < -0.39 is 5.25 Å². The van der Waals surface area contributed by atoms with Crippen molar-refractivity contribution >= 4 is 46.6 Å². The molecule has 0 saturated heterocycles. The van der Waals surface area contributed by atoms with Crippen molar-refractivity contribution in [2.45, 2.75) is 12.2 Å². The summed E-state index contributed by atoms with van der Waals surface area (Å²) >= 11 is 7.00. The minimum atomic E-state index is -0.403. The predicted octanol–water partition coefficient (Wildman–Crippen LogP) is 4.18. The van der Waals surface area contributed by atoms with E-state index >= 15 is 0 Å². The molecule has 2 aromatic rings. The Kier molecular flexibility index (Phi) is 6.63. The number of thioether (sulfide) groups is 1. The lowest BCUT2D eigenvalue weighted by atomic mass is 10.3. The Morgan fingerprint density at radius 1 is 1.04 bits per heavy atom. The normalized spacial score (nSPS) is 11.6. The van der Waals surface area contributed by atoms with Gasteiger partial charge in [0.2, 0.25) is 11.8 Å². The van der Waals surface area contributed by atoms with E-state index in [1.165, 1.54) is 36.0 Å². The number of rotatable bonds is 6. The summed E-state index contributed by atoms with van der Waals surface area (Å²) < 4.78 is 12.8. The maximum absolute atomic E-state index is 12.8. The molecule has 2 N–H and O–H groups in total. The van der Waals surface area contributed by atoms with E-state index in [1.807, 2.05) is 0 Å². The monoisotopic (exact) mass is 366 g/mol. The highest BCUT2D eigenvalue weighted by Gasteiger charge is 2.15. The molecular weight excluding hydrogens is 351 g/mol. The van der Waals surface area contributed by atoms with Gasteiger partial charge in [-0.05, 0) is 55.5 Å². The second kappa shape index (κ2) is 8.70. The lowest BCUT2D eigenvalue weighted by Gasteiger charge is -2.12. The molecule has 0 aromatic heterocycles. The fraction of sp³-hybridized carbons (Fsp3) is 0.176. The standard InChI is InChI=1S/C17H16ClFN2O2S/c1-11(17(23)21-15-6-2-12(18)3-7-15)24-10-16(22)20-14-8-4-13(19)5-9-14/h2-9,11H,10H2,1H3,(H,20,22)(H,21,23)/t11-/m1/s1. The minimum absolute atomic E-state index is 0.118. The van der Waals surface area contributed by atoms with Crippen LogP contribution in [0.5, 0.6) is 0 Å². The third-order valence-electron chi connectivity index (χ3n) is 3.07. The number of benzene rings is 2. The highest BCUT2D eigenvalue weighted by molar-refractivity contribution is 8.01. The molecule has 0 aliphatic carbocycles. The Balaban J connectivity index is 1.77. The topological polar surface area (TPSA) is 58.2 Å². The molecule has 0 unspecified atom stereocenters. The average molecular weight is 367 g/mol. The van der Waals surface area contributed by atoms with Gasteiger partial charge < -0.3 is 10.6 Å². The summed E-state index contributed by atoms with van der Waals surface area (Å²) in [6, 6.07) is 12.3. The van der Waals surface area contributed by atoms with Gasteiger partial charge in [-0.15, -0.1) is 11.8 Å². The summed E-state index contributed by atoms with van der Waals surface area (Å²) in [5, 5.41) is 5.59. The van der Waals surface area contributed by atoms with Crippen LogP contribution in [-0.4, -0.2) is 22.8 Å². The Bertz CT molecular complexity index is 708. The number of nitrogens with one attached hydrogen (secondary N) is 2. The van der Waals surface area contributed by atoms with Gasteiger partial charge in [0.1, 0.15) is 5.82 Å². The number of halogens is 2. The Morgan fingerprint density at radius 2 is 1.58 bits per heavy atom. The molecule has 4 nitrogen and oxygen atoms in total. The summed E-state index contributed by atoms with van der Waals surface area (Å²) in [7, 11) is 0. The first-order valence-electron chi connectivity index (χ1n) is 7.17. The first-order valence-corrected chi connectivity index (χ1v) is 8.60. The van der Waals surface area contributed by atoms with Gasteiger partial charge in [-0.3, -0.25) is 9.59 Å². The van der Waals surface area contributed by atoms with Crippen LogP contribution >= 0.6 is 23.4 Å². The van der Waals surface area contributed by atoms with E-state index in [-0.39, 0.29) is 23.4 Å². The number of carbonyl (C=O) groups is 2. The van der Waals surface area contributed by atoms with Gasteiger partial charge in [0.05, 0.1) is 11.0 Å². The van der Waals surface area contributed by atoms with Gasteiger partial charge in [0.25, 0.3) is 0 Å². The lowest BCUT2D eigenvalue weighted by molar-refractivity contribution is -0.115. The van der Waals surface area contributed by atoms with Crippen molar-refractivity contribution in [3.05, 3.63) is 59.4 Å². The van der Waals surface area contributed by atoms with Crippen molar-refractivity contribution < 1.29 is 14.0 Å². The molecule has 0 aliphatic rings. The molecule has 0 radical (unpaired) electrons. The number of amides is 2. The maximum Gasteiger partial charge on any atom is 0.237 e. The molecule has 2 rings (SSSR count). The van der Waals surface area contributed by atoms with E-state index in [0.717, 1.165) is 0 Å². The van der Waals surface area contributed by atoms with E-state index in [4.69, 9.17) is 11.6 Å². The maximum atomic E-state index is 12.8. The Labute approximate surface area is 148 Å². The molecule has 0 spiro atoms. The molecule has 0 fully saturated rings. The molecule has 7 heteroatoms. The van der Waals surface area contributed by atoms with E-state index in [1.54, 1.807) is 31.2 Å². The SMILES string of the molecule is C[C@@H](SCC(=O)Nc1ccc(F)cc1)C(=O)Nc1ccc(Cl)cc1. The van der Waals surface area contributed by atoms with Crippen molar-refractivity contribution in [2.75, 3.05) is 16.4 Å². The van der Waals surface area contributed by atoms with Crippen LogP contribution in [0.25, 0.3) is 0 Å². The molecule has 1 atom stereocenters. The van der Waals surface area contributed by atoms with Crippen LogP contribution in [0.3, 0.4) is 0 Å². The first kappa shape index (κ1) is 18.3. The molecule has 0 aliphatic heterocycles. The fourth-order valence-corrected chi connectivity index (χ4v) is 2.59. The van der Waals surface area contributed by atoms with Gasteiger partial charge in [-0.25, -0.2) is 4.39 Å². The smallest absolute Gasteiger partial charge is 0.237 e. The zero-order valence-electron chi connectivity index (χ0n) is 12.9. The highest BCUT2D eigenvalue weighted by Crippen LogP contribution is 2.17. The summed E-state index contributed by atoms with van der Waals surface area (Å²) in [6.45, 7) is 1.72. The highest BCUT2D eigenvalue weighted by atomic mass is 35.5. The van der Waals surface area contributed by atoms with Crippen molar-refractivity contribution in [3.8, 4) is 0 Å². The van der Waals surface area contributed by atoms with Crippen LogP contribution in [0.15, 0.2) is 48.5 Å². The van der Waals surface area contributed by atoms with Gasteiger partial charge in [0.15, 0.2) is 0 Å². The number of hydrogen-bond acceptors (Lipinski definition) is 3. The van der Waals surface area contributed by atoms with Crippen molar-refractivity contribution in [1.82, 2.24) is 0 Å². The van der Waals surface area contributed by atoms with Gasteiger partial charge in [-0.1, -0.05) is 11.6 Å². The molecule has 24 heavy (non-hydrogen) atoms. The van der Waals surface area contributed by atoms with Gasteiger partial charge in [-0.2, -0.15) is 0 Å². The average Bonchev–Trinajstić information content (AvgIpc) is 2.57.